The van der Waals surface area contributed by atoms with Crippen LogP contribution in [0.15, 0.2) is 51.8 Å². The Bertz CT molecular complexity index is 993. The van der Waals surface area contributed by atoms with Crippen LogP contribution in [-0.2, 0) is 14.8 Å². The van der Waals surface area contributed by atoms with Gasteiger partial charge < -0.3 is 15.4 Å². The number of fused-ring (bicyclic) bond motifs is 1. The van der Waals surface area contributed by atoms with Gasteiger partial charge in [-0.25, -0.2) is 0 Å². The lowest BCUT2D eigenvalue weighted by atomic mass is 10.3. The molecule has 0 saturated heterocycles. The van der Waals surface area contributed by atoms with Crippen LogP contribution in [-0.4, -0.2) is 32.4 Å². The molecule has 1 heterocycles. The van der Waals surface area contributed by atoms with Gasteiger partial charge in [-0.3, -0.25) is 4.79 Å². The fourth-order valence-electron chi connectivity index (χ4n) is 2.24. The van der Waals surface area contributed by atoms with Crippen molar-refractivity contribution in [3.05, 3.63) is 47.5 Å². The number of sulfonamides is 1. The van der Waals surface area contributed by atoms with Crippen LogP contribution in [0.1, 0.15) is 0 Å². The molecule has 1 amide bonds. The second kappa shape index (κ2) is 7.56. The molecule has 0 aromatic heterocycles. The van der Waals surface area contributed by atoms with Gasteiger partial charge in [0, 0.05) is 5.02 Å². The lowest BCUT2D eigenvalue weighted by Gasteiger charge is -2.17. The van der Waals surface area contributed by atoms with E-state index in [9.17, 15) is 13.2 Å². The molecule has 7 nitrogen and oxygen atoms in total. The summed E-state index contributed by atoms with van der Waals surface area (Å²) in [5.74, 6) is 0.193. The van der Waals surface area contributed by atoms with E-state index in [1.165, 1.54) is 13.2 Å². The fraction of sp³-hybridized carbons (Fsp3) is 0.125. The number of benzene rings is 2. The van der Waals surface area contributed by atoms with Gasteiger partial charge >= 0.3 is 0 Å². The molecular formula is C16H14ClN3O4S2. The Kier molecular flexibility index (Phi) is 5.40. The summed E-state index contributed by atoms with van der Waals surface area (Å²) in [5.41, 5.74) is 0.906. The van der Waals surface area contributed by atoms with E-state index in [-0.39, 0.29) is 21.7 Å². The van der Waals surface area contributed by atoms with E-state index in [1.54, 1.807) is 36.4 Å². The number of thioether (sulfide) groups is 1. The Balaban J connectivity index is 1.68. The summed E-state index contributed by atoms with van der Waals surface area (Å²) in [6, 6.07) is 11.5. The number of nitrogens with one attached hydrogen (secondary N) is 2. The number of amides is 1. The number of hydrogen-bond donors (Lipinski definition) is 2. The van der Waals surface area contributed by atoms with Gasteiger partial charge in [-0.2, -0.15) is 8.42 Å². The van der Waals surface area contributed by atoms with E-state index in [1.807, 2.05) is 0 Å². The molecule has 2 aromatic carbocycles. The molecule has 2 N–H and O–H groups in total. The Morgan fingerprint density at radius 1 is 1.31 bits per heavy atom. The summed E-state index contributed by atoms with van der Waals surface area (Å²) in [5, 5.41) is 6.03. The number of nitrogens with zero attached hydrogens (tertiary/aromatic N) is 1. The van der Waals surface area contributed by atoms with Crippen molar-refractivity contribution in [1.82, 2.24) is 0 Å². The van der Waals surface area contributed by atoms with Crippen molar-refractivity contribution in [2.45, 2.75) is 4.90 Å². The Morgan fingerprint density at radius 3 is 2.85 bits per heavy atom. The molecule has 0 fully saturated rings. The minimum Gasteiger partial charge on any atom is -0.495 e. The number of para-hydroxylation sites is 2. The monoisotopic (exact) mass is 411 g/mol. The summed E-state index contributed by atoms with van der Waals surface area (Å²) >= 11 is 6.82. The molecule has 0 bridgehead atoms. The van der Waals surface area contributed by atoms with E-state index >= 15 is 0 Å². The minimum absolute atomic E-state index is 0.00724. The van der Waals surface area contributed by atoms with E-state index in [0.717, 1.165) is 11.8 Å². The maximum absolute atomic E-state index is 12.2. The van der Waals surface area contributed by atoms with Crippen LogP contribution in [0.4, 0.5) is 11.4 Å². The zero-order chi connectivity index (χ0) is 18.7. The highest BCUT2D eigenvalue weighted by atomic mass is 35.5. The quantitative estimate of drug-likeness (QED) is 0.801. The van der Waals surface area contributed by atoms with Crippen LogP contribution in [0.3, 0.4) is 0 Å². The van der Waals surface area contributed by atoms with Crippen LogP contribution < -0.4 is 15.4 Å². The van der Waals surface area contributed by atoms with E-state index in [2.05, 4.69) is 15.0 Å². The summed E-state index contributed by atoms with van der Waals surface area (Å²) in [6.45, 7) is 0. The van der Waals surface area contributed by atoms with Crippen molar-refractivity contribution in [3.8, 4) is 5.75 Å². The molecular weight excluding hydrogens is 398 g/mol. The topological polar surface area (TPSA) is 96.9 Å². The predicted octanol–water partition coefficient (Wildman–Crippen LogP) is 3.19. The number of carbonyl (C=O) groups excluding carboxylic acids is 1. The molecule has 2 aromatic rings. The number of anilines is 2. The van der Waals surface area contributed by atoms with Gasteiger partial charge in [0.25, 0.3) is 10.0 Å². The SMILES string of the molecule is COc1ccccc1NC(=O)CSC1=NS(=O)(=O)c2cc(Cl)ccc2N1. The Hall–Kier alpha value is -2.23. The third kappa shape index (κ3) is 4.12. The smallest absolute Gasteiger partial charge is 0.286 e. The number of methoxy groups -OCH3 is 1. The maximum atomic E-state index is 12.2. The maximum Gasteiger partial charge on any atom is 0.286 e. The largest absolute Gasteiger partial charge is 0.495 e. The van der Waals surface area contributed by atoms with Crippen LogP contribution in [0, 0.1) is 0 Å². The minimum atomic E-state index is -3.86. The first-order valence-corrected chi connectivity index (χ1v) is 10.2. The summed E-state index contributed by atoms with van der Waals surface area (Å²) in [4.78, 5) is 12.1. The second-order valence-electron chi connectivity index (χ2n) is 5.17. The summed E-state index contributed by atoms with van der Waals surface area (Å²) < 4.78 is 33.3. The van der Waals surface area contributed by atoms with Gasteiger partial charge in [0.05, 0.1) is 24.2 Å². The average Bonchev–Trinajstić information content (AvgIpc) is 2.61. The molecule has 3 rings (SSSR count). The first kappa shape index (κ1) is 18.6. The third-order valence-electron chi connectivity index (χ3n) is 3.39. The molecule has 1 aliphatic rings. The van der Waals surface area contributed by atoms with E-state index in [0.29, 0.717) is 22.1 Å². The summed E-state index contributed by atoms with van der Waals surface area (Å²) in [7, 11) is -2.35. The normalized spacial score (nSPS) is 14.6. The Morgan fingerprint density at radius 2 is 2.08 bits per heavy atom. The number of ether oxygens (including phenoxy) is 1. The fourth-order valence-corrected chi connectivity index (χ4v) is 4.54. The van der Waals surface area contributed by atoms with E-state index < -0.39 is 10.0 Å². The van der Waals surface area contributed by atoms with E-state index in [4.69, 9.17) is 16.3 Å². The standard InChI is InChI=1S/C16H14ClN3O4S2/c1-24-13-5-3-2-4-11(13)18-15(21)9-25-16-19-12-7-6-10(17)8-14(12)26(22,23)20-16/h2-8H,9H2,1H3,(H,18,21)(H,19,20). The van der Waals surface area contributed by atoms with Gasteiger partial charge in [0.15, 0.2) is 5.17 Å². The van der Waals surface area contributed by atoms with Gasteiger partial charge in [-0.15, -0.1) is 4.40 Å². The van der Waals surface area contributed by atoms with Crippen LogP contribution in [0.2, 0.25) is 5.02 Å². The molecule has 0 radical (unpaired) electrons. The lowest BCUT2D eigenvalue weighted by Crippen LogP contribution is -2.22. The zero-order valence-electron chi connectivity index (χ0n) is 13.5. The van der Waals surface area contributed by atoms with Crippen LogP contribution in [0.5, 0.6) is 5.75 Å². The predicted molar refractivity (Wildman–Crippen MR) is 104 cm³/mol. The molecule has 136 valence electrons. The molecule has 1 aliphatic heterocycles. The molecule has 0 unspecified atom stereocenters. The van der Waals surface area contributed by atoms with Gasteiger partial charge in [-0.1, -0.05) is 35.5 Å². The Labute approximate surface area is 159 Å². The highest BCUT2D eigenvalue weighted by molar-refractivity contribution is 8.15. The number of amidine groups is 1. The van der Waals surface area contributed by atoms with Crippen molar-refractivity contribution in [2.24, 2.45) is 4.40 Å². The molecule has 0 aliphatic carbocycles. The van der Waals surface area contributed by atoms with Crippen molar-refractivity contribution in [3.63, 3.8) is 0 Å². The third-order valence-corrected chi connectivity index (χ3v) is 5.93. The van der Waals surface area contributed by atoms with Gasteiger partial charge in [0.2, 0.25) is 5.91 Å². The summed E-state index contributed by atoms with van der Waals surface area (Å²) in [6.07, 6.45) is 0. The number of halogens is 1. The van der Waals surface area contributed by atoms with Crippen LogP contribution >= 0.6 is 23.4 Å². The van der Waals surface area contributed by atoms with Crippen molar-refractivity contribution in [2.75, 3.05) is 23.5 Å². The molecule has 0 atom stereocenters. The van der Waals surface area contributed by atoms with Gasteiger partial charge in [0.1, 0.15) is 10.6 Å². The van der Waals surface area contributed by atoms with Gasteiger partial charge in [-0.05, 0) is 30.3 Å². The molecule has 0 saturated carbocycles. The number of rotatable bonds is 4. The average molecular weight is 412 g/mol. The first-order valence-electron chi connectivity index (χ1n) is 7.36. The number of hydrogen-bond acceptors (Lipinski definition) is 6. The molecule has 26 heavy (non-hydrogen) atoms. The first-order chi connectivity index (χ1) is 12.4. The van der Waals surface area contributed by atoms with Crippen molar-refractivity contribution >= 4 is 55.8 Å². The van der Waals surface area contributed by atoms with Crippen molar-refractivity contribution in [1.29, 1.82) is 0 Å². The second-order valence-corrected chi connectivity index (χ2v) is 8.15. The van der Waals surface area contributed by atoms with Crippen LogP contribution in [0.25, 0.3) is 0 Å². The zero-order valence-corrected chi connectivity index (χ0v) is 15.9. The lowest BCUT2D eigenvalue weighted by molar-refractivity contribution is -0.113. The number of carbonyl (C=O) groups is 1. The molecule has 0 spiro atoms. The highest BCUT2D eigenvalue weighted by Crippen LogP contribution is 2.31. The molecule has 10 heteroatoms. The van der Waals surface area contributed by atoms with Crippen molar-refractivity contribution < 1.29 is 17.9 Å². The highest BCUT2D eigenvalue weighted by Gasteiger charge is 2.25.